The Balaban J connectivity index is 2.24. The minimum Gasteiger partial charge on any atom is -0.399 e. The molecule has 0 saturated heterocycles. The standard InChI is InChI=1S/C19H16N4/c1-12-9-17-19(11-15(12)21)23(14-5-3-2-4-6-14)18-10-13(20)7-8-16(18)22-17/h2-11,21H,20H2,1H3. The van der Waals surface area contributed by atoms with E-state index in [0.717, 1.165) is 33.7 Å². The van der Waals surface area contributed by atoms with Crippen LogP contribution < -0.4 is 11.1 Å². The van der Waals surface area contributed by atoms with E-state index in [1.165, 1.54) is 0 Å². The first-order chi connectivity index (χ1) is 11.1. The fraction of sp³-hybridized carbons (Fsp3) is 0.0526. The molecule has 2 aromatic rings. The summed E-state index contributed by atoms with van der Waals surface area (Å²) in [6.45, 7) is 1.93. The average Bonchev–Trinajstić information content (AvgIpc) is 2.55. The van der Waals surface area contributed by atoms with Crippen molar-refractivity contribution in [2.75, 3.05) is 5.73 Å². The summed E-state index contributed by atoms with van der Waals surface area (Å²) in [5.41, 5.74) is 12.2. The number of nitrogens with one attached hydrogen (secondary N) is 1. The molecule has 0 amide bonds. The van der Waals surface area contributed by atoms with E-state index < -0.39 is 0 Å². The van der Waals surface area contributed by atoms with E-state index in [0.29, 0.717) is 11.0 Å². The van der Waals surface area contributed by atoms with Gasteiger partial charge in [-0.2, -0.15) is 0 Å². The van der Waals surface area contributed by atoms with Crippen LogP contribution in [0.2, 0.25) is 0 Å². The van der Waals surface area contributed by atoms with Gasteiger partial charge in [0.15, 0.2) is 0 Å². The highest BCUT2D eigenvalue weighted by Gasteiger charge is 2.15. The minimum absolute atomic E-state index is 0.507. The van der Waals surface area contributed by atoms with Crippen LogP contribution in [-0.4, -0.2) is 9.55 Å². The first kappa shape index (κ1) is 13.5. The van der Waals surface area contributed by atoms with E-state index >= 15 is 0 Å². The van der Waals surface area contributed by atoms with E-state index in [-0.39, 0.29) is 0 Å². The highest BCUT2D eigenvalue weighted by atomic mass is 15.0. The number of fused-ring (bicyclic) bond motifs is 2. The molecule has 112 valence electrons. The molecule has 0 saturated carbocycles. The fourth-order valence-corrected chi connectivity index (χ4v) is 2.88. The van der Waals surface area contributed by atoms with Crippen molar-refractivity contribution in [3.05, 3.63) is 71.6 Å². The lowest BCUT2D eigenvalue weighted by Crippen LogP contribution is -2.12. The van der Waals surface area contributed by atoms with Crippen molar-refractivity contribution < 1.29 is 0 Å². The van der Waals surface area contributed by atoms with E-state index in [9.17, 15) is 0 Å². The predicted molar refractivity (Wildman–Crippen MR) is 92.7 cm³/mol. The second-order valence-corrected chi connectivity index (χ2v) is 5.69. The molecule has 0 aromatic heterocycles. The summed E-state index contributed by atoms with van der Waals surface area (Å²) in [7, 11) is 0. The number of aryl methyl sites for hydroxylation is 1. The summed E-state index contributed by atoms with van der Waals surface area (Å²) in [5.74, 6) is 0. The zero-order chi connectivity index (χ0) is 16.0. The van der Waals surface area contributed by atoms with Crippen molar-refractivity contribution in [2.45, 2.75) is 6.92 Å². The first-order valence-corrected chi connectivity index (χ1v) is 7.46. The summed E-state index contributed by atoms with van der Waals surface area (Å²) in [5, 5.41) is 8.65. The number of rotatable bonds is 1. The molecule has 1 aliphatic heterocycles. The van der Waals surface area contributed by atoms with Gasteiger partial charge < -0.3 is 15.7 Å². The third-order valence-corrected chi connectivity index (χ3v) is 4.06. The van der Waals surface area contributed by atoms with Gasteiger partial charge in [-0.1, -0.05) is 18.2 Å². The smallest absolute Gasteiger partial charge is 0.0882 e. The lowest BCUT2D eigenvalue weighted by molar-refractivity contribution is 1.06. The van der Waals surface area contributed by atoms with Gasteiger partial charge in [-0.3, -0.25) is 0 Å². The van der Waals surface area contributed by atoms with E-state index in [1.54, 1.807) is 0 Å². The highest BCUT2D eigenvalue weighted by Crippen LogP contribution is 2.29. The van der Waals surface area contributed by atoms with Crippen LogP contribution in [-0.2, 0) is 0 Å². The van der Waals surface area contributed by atoms with E-state index in [4.69, 9.17) is 16.1 Å². The van der Waals surface area contributed by atoms with Gasteiger partial charge in [0, 0.05) is 11.4 Å². The molecule has 0 atom stereocenters. The molecule has 4 heteroatoms. The van der Waals surface area contributed by atoms with E-state index in [2.05, 4.69) is 4.57 Å². The summed E-state index contributed by atoms with van der Waals surface area (Å²) in [6.07, 6.45) is 0. The Bertz CT molecular complexity index is 1050. The quantitative estimate of drug-likeness (QED) is 0.417. The Morgan fingerprint density at radius 1 is 1.00 bits per heavy atom. The topological polar surface area (TPSA) is 67.7 Å². The van der Waals surface area contributed by atoms with Crippen LogP contribution in [0.25, 0.3) is 28.1 Å². The molecule has 1 aliphatic carbocycles. The van der Waals surface area contributed by atoms with Crippen LogP contribution in [0.1, 0.15) is 5.56 Å². The highest BCUT2D eigenvalue weighted by molar-refractivity contribution is 5.85. The lowest BCUT2D eigenvalue weighted by Gasteiger charge is -2.19. The second-order valence-electron chi connectivity index (χ2n) is 5.69. The maximum absolute atomic E-state index is 8.15. The van der Waals surface area contributed by atoms with Gasteiger partial charge in [0.25, 0.3) is 0 Å². The van der Waals surface area contributed by atoms with Gasteiger partial charge in [-0.25, -0.2) is 4.98 Å². The zero-order valence-electron chi connectivity index (χ0n) is 12.7. The maximum Gasteiger partial charge on any atom is 0.0882 e. The number of hydrogen-bond acceptors (Lipinski definition) is 3. The Kier molecular flexibility index (Phi) is 2.91. The number of nitrogens with two attached hydrogens (primary N) is 1. The Morgan fingerprint density at radius 2 is 1.78 bits per heavy atom. The van der Waals surface area contributed by atoms with E-state index in [1.807, 2.05) is 67.6 Å². The molecular formula is C19H16N4. The lowest BCUT2D eigenvalue weighted by atomic mass is 10.1. The Hall–Kier alpha value is -3.14. The van der Waals surface area contributed by atoms with Crippen LogP contribution in [0.15, 0.2) is 60.7 Å². The fourth-order valence-electron chi connectivity index (χ4n) is 2.88. The van der Waals surface area contributed by atoms with Gasteiger partial charge in [-0.05, 0) is 55.0 Å². The molecule has 4 nitrogen and oxygen atoms in total. The molecule has 0 spiro atoms. The summed E-state index contributed by atoms with van der Waals surface area (Å²) < 4.78 is 2.12. The number of aromatic nitrogens is 2. The molecular weight excluding hydrogens is 284 g/mol. The van der Waals surface area contributed by atoms with Gasteiger partial charge in [-0.15, -0.1) is 0 Å². The third-order valence-electron chi connectivity index (χ3n) is 4.06. The molecule has 0 unspecified atom stereocenters. The van der Waals surface area contributed by atoms with Gasteiger partial charge in [0.05, 0.1) is 27.8 Å². The van der Waals surface area contributed by atoms with Crippen LogP contribution in [0.4, 0.5) is 5.69 Å². The van der Waals surface area contributed by atoms with Crippen molar-refractivity contribution in [3.8, 4) is 17.1 Å². The van der Waals surface area contributed by atoms with Crippen molar-refractivity contribution in [2.24, 2.45) is 0 Å². The molecule has 23 heavy (non-hydrogen) atoms. The minimum atomic E-state index is 0.507. The summed E-state index contributed by atoms with van der Waals surface area (Å²) in [4.78, 5) is 4.75. The summed E-state index contributed by atoms with van der Waals surface area (Å²) in [6, 6.07) is 19.7. The largest absolute Gasteiger partial charge is 0.399 e. The molecule has 2 aliphatic rings. The SMILES string of the molecule is Cc1cc2nc3ccc(N)cc3n(-c3ccccc3)c-2cc1=N. The normalized spacial score (nSPS) is 11.2. The molecule has 0 fully saturated rings. The third kappa shape index (κ3) is 2.16. The second kappa shape index (κ2) is 4.95. The Morgan fingerprint density at radius 3 is 2.57 bits per heavy atom. The van der Waals surface area contributed by atoms with Gasteiger partial charge >= 0.3 is 0 Å². The molecule has 3 N–H and O–H groups in total. The van der Waals surface area contributed by atoms with Crippen molar-refractivity contribution in [1.29, 1.82) is 5.41 Å². The number of benzene rings is 3. The van der Waals surface area contributed by atoms with Crippen molar-refractivity contribution in [3.63, 3.8) is 0 Å². The molecule has 0 radical (unpaired) electrons. The zero-order valence-corrected chi connectivity index (χ0v) is 12.7. The van der Waals surface area contributed by atoms with Gasteiger partial charge in [0.1, 0.15) is 0 Å². The number of nitrogen functional groups attached to an aromatic ring is 1. The van der Waals surface area contributed by atoms with Crippen LogP contribution in [0.3, 0.4) is 0 Å². The molecule has 0 bridgehead atoms. The average molecular weight is 300 g/mol. The number of hydrogen-bond donors (Lipinski definition) is 2. The van der Waals surface area contributed by atoms with Crippen LogP contribution >= 0.6 is 0 Å². The molecule has 2 aromatic carbocycles. The maximum atomic E-state index is 8.15. The number of para-hydroxylation sites is 1. The molecule has 1 heterocycles. The van der Waals surface area contributed by atoms with Crippen molar-refractivity contribution >= 4 is 16.7 Å². The van der Waals surface area contributed by atoms with Crippen LogP contribution in [0, 0.1) is 12.3 Å². The van der Waals surface area contributed by atoms with Crippen LogP contribution in [0.5, 0.6) is 0 Å². The number of nitrogens with zero attached hydrogens (tertiary/aromatic N) is 2. The number of anilines is 1. The van der Waals surface area contributed by atoms with Gasteiger partial charge in [0.2, 0.25) is 0 Å². The summed E-state index contributed by atoms with van der Waals surface area (Å²) >= 11 is 0. The monoisotopic (exact) mass is 300 g/mol. The predicted octanol–water partition coefficient (Wildman–Crippen LogP) is 3.50. The molecule has 4 rings (SSSR count). The van der Waals surface area contributed by atoms with Crippen molar-refractivity contribution in [1.82, 2.24) is 9.55 Å². The first-order valence-electron chi connectivity index (χ1n) is 7.46. The Labute approximate surface area is 133 Å².